The first-order valence-corrected chi connectivity index (χ1v) is 14.3. The smallest absolute Gasteiger partial charge is 0.241 e. The van der Waals surface area contributed by atoms with Gasteiger partial charge in [-0.15, -0.1) is 0 Å². The highest BCUT2D eigenvalue weighted by atomic mass is 32.2. The van der Waals surface area contributed by atoms with Gasteiger partial charge in [0.05, 0.1) is 12.3 Å². The van der Waals surface area contributed by atoms with Crippen LogP contribution in [0.15, 0.2) is 48.5 Å². The summed E-state index contributed by atoms with van der Waals surface area (Å²) in [6.45, 7) is 3.68. The van der Waals surface area contributed by atoms with Crippen LogP contribution in [0.5, 0.6) is 0 Å². The van der Waals surface area contributed by atoms with Gasteiger partial charge in [-0.25, -0.2) is 16.8 Å². The Morgan fingerprint density at radius 1 is 0.939 bits per heavy atom. The third kappa shape index (κ3) is 7.93. The summed E-state index contributed by atoms with van der Waals surface area (Å²) in [6.07, 6.45) is 4.59. The minimum absolute atomic E-state index is 0.360. The Morgan fingerprint density at radius 3 is 2.24 bits per heavy atom. The molecule has 1 aliphatic rings. The van der Waals surface area contributed by atoms with Crippen molar-refractivity contribution in [2.24, 2.45) is 0 Å². The van der Waals surface area contributed by atoms with E-state index in [1.165, 1.54) is 6.42 Å². The summed E-state index contributed by atoms with van der Waals surface area (Å²) in [5, 5.41) is 2.64. The number of piperidine rings is 1. The lowest BCUT2D eigenvalue weighted by molar-refractivity contribution is -0.119. The molecule has 0 aliphatic carbocycles. The van der Waals surface area contributed by atoms with Crippen LogP contribution in [0, 0.1) is 0 Å². The molecule has 3 rings (SSSR count). The molecule has 0 aromatic heterocycles. The number of carbonyl (C=O) groups excluding carboxylic acids is 1. The maximum Gasteiger partial charge on any atom is 0.241 e. The normalized spacial score (nSPS) is 15.5. The van der Waals surface area contributed by atoms with Crippen molar-refractivity contribution in [1.29, 1.82) is 0 Å². The number of rotatable bonds is 9. The lowest BCUT2D eigenvalue weighted by Crippen LogP contribution is -2.34. The van der Waals surface area contributed by atoms with E-state index in [2.05, 4.69) is 19.7 Å². The molecule has 3 N–H and O–H groups in total. The van der Waals surface area contributed by atoms with Crippen LogP contribution in [0.25, 0.3) is 0 Å². The van der Waals surface area contributed by atoms with E-state index in [0.717, 1.165) is 37.9 Å². The number of hydrogen-bond donors (Lipinski definition) is 3. The van der Waals surface area contributed by atoms with Gasteiger partial charge in [-0.2, -0.15) is 0 Å². The quantitative estimate of drug-likeness (QED) is 0.492. The van der Waals surface area contributed by atoms with Gasteiger partial charge in [-0.05, 0) is 68.1 Å². The van der Waals surface area contributed by atoms with Crippen molar-refractivity contribution in [3.8, 4) is 0 Å². The van der Waals surface area contributed by atoms with Crippen LogP contribution in [0.1, 0.15) is 37.8 Å². The first kappa shape index (κ1) is 24.8. The molecule has 1 amide bonds. The zero-order valence-corrected chi connectivity index (χ0v) is 20.4. The van der Waals surface area contributed by atoms with Crippen molar-refractivity contribution in [2.45, 2.75) is 32.2 Å². The highest BCUT2D eigenvalue weighted by molar-refractivity contribution is 7.93. The molecule has 1 heterocycles. The fourth-order valence-electron chi connectivity index (χ4n) is 3.73. The second kappa shape index (κ2) is 10.4. The van der Waals surface area contributed by atoms with Crippen LogP contribution in [-0.4, -0.2) is 47.8 Å². The van der Waals surface area contributed by atoms with E-state index >= 15 is 0 Å². The SMILES string of the molecule is CC(NC(=O)CS(=O)(=O)Nc1ccc(N2CCCCC2)cc1)c1cccc(NS(C)(=O)=O)c1. The van der Waals surface area contributed by atoms with Crippen molar-refractivity contribution in [2.75, 3.05) is 39.4 Å². The number of benzene rings is 2. The minimum Gasteiger partial charge on any atom is -0.372 e. The summed E-state index contributed by atoms with van der Waals surface area (Å²) in [5.41, 5.74) is 2.45. The molecule has 0 radical (unpaired) electrons. The summed E-state index contributed by atoms with van der Waals surface area (Å²) < 4.78 is 52.6. The zero-order valence-electron chi connectivity index (χ0n) is 18.7. The van der Waals surface area contributed by atoms with E-state index in [9.17, 15) is 21.6 Å². The van der Waals surface area contributed by atoms with Gasteiger partial charge in [0, 0.05) is 30.2 Å². The van der Waals surface area contributed by atoms with Crippen LogP contribution in [-0.2, 0) is 24.8 Å². The average molecular weight is 495 g/mol. The highest BCUT2D eigenvalue weighted by Gasteiger charge is 2.19. The summed E-state index contributed by atoms with van der Waals surface area (Å²) in [7, 11) is -7.33. The van der Waals surface area contributed by atoms with Gasteiger partial charge in [0.15, 0.2) is 0 Å². The fourth-order valence-corrected chi connectivity index (χ4v) is 5.28. The molecule has 1 aliphatic heterocycles. The summed E-state index contributed by atoms with van der Waals surface area (Å²) in [5.74, 6) is -1.40. The number of sulfonamides is 2. The topological polar surface area (TPSA) is 125 Å². The number of carbonyl (C=O) groups is 1. The number of anilines is 3. The van der Waals surface area contributed by atoms with Gasteiger partial charge in [0.1, 0.15) is 5.75 Å². The molecule has 0 spiro atoms. The molecule has 9 nitrogen and oxygen atoms in total. The first-order valence-electron chi connectivity index (χ1n) is 10.7. The van der Waals surface area contributed by atoms with E-state index in [-0.39, 0.29) is 0 Å². The lowest BCUT2D eigenvalue weighted by Gasteiger charge is -2.28. The number of hydrogen-bond acceptors (Lipinski definition) is 6. The maximum absolute atomic E-state index is 12.5. The third-order valence-corrected chi connectivity index (χ3v) is 7.05. The first-order chi connectivity index (χ1) is 15.5. The van der Waals surface area contributed by atoms with Crippen LogP contribution in [0.3, 0.4) is 0 Å². The maximum atomic E-state index is 12.5. The molecular weight excluding hydrogens is 464 g/mol. The Morgan fingerprint density at radius 2 is 1.61 bits per heavy atom. The predicted molar refractivity (Wildman–Crippen MR) is 131 cm³/mol. The van der Waals surface area contributed by atoms with Gasteiger partial charge < -0.3 is 10.2 Å². The predicted octanol–water partition coefficient (Wildman–Crippen LogP) is 2.67. The lowest BCUT2D eigenvalue weighted by atomic mass is 10.1. The fraction of sp³-hybridized carbons (Fsp3) is 0.409. The molecule has 0 saturated carbocycles. The van der Waals surface area contributed by atoms with Crippen molar-refractivity contribution in [1.82, 2.24) is 5.32 Å². The molecule has 2 aromatic rings. The van der Waals surface area contributed by atoms with Crippen LogP contribution in [0.2, 0.25) is 0 Å². The van der Waals surface area contributed by atoms with Gasteiger partial charge in [-0.1, -0.05) is 12.1 Å². The van der Waals surface area contributed by atoms with E-state index < -0.39 is 37.7 Å². The zero-order chi connectivity index (χ0) is 24.1. The average Bonchev–Trinajstić information content (AvgIpc) is 2.73. The molecule has 11 heteroatoms. The summed E-state index contributed by atoms with van der Waals surface area (Å²) in [4.78, 5) is 14.6. The van der Waals surface area contributed by atoms with Crippen LogP contribution >= 0.6 is 0 Å². The van der Waals surface area contributed by atoms with Crippen molar-refractivity contribution in [3.05, 3.63) is 54.1 Å². The molecular formula is C22H30N4O5S2. The Kier molecular flexibility index (Phi) is 7.85. The Labute approximate surface area is 195 Å². The number of nitrogens with zero attached hydrogens (tertiary/aromatic N) is 1. The molecule has 180 valence electrons. The standard InChI is InChI=1S/C22H30N4O5S2/c1-17(18-7-6-8-20(15-18)24-32(2,28)29)23-22(27)16-33(30,31)25-19-9-11-21(12-10-19)26-13-4-3-5-14-26/h6-12,15,17,24-25H,3-5,13-14,16H2,1-2H3,(H,23,27). The largest absolute Gasteiger partial charge is 0.372 e. The molecule has 0 bridgehead atoms. The van der Waals surface area contributed by atoms with E-state index in [1.807, 2.05) is 12.1 Å². The molecule has 33 heavy (non-hydrogen) atoms. The van der Waals surface area contributed by atoms with E-state index in [1.54, 1.807) is 43.3 Å². The molecule has 2 aromatic carbocycles. The van der Waals surface area contributed by atoms with Gasteiger partial charge in [0.25, 0.3) is 0 Å². The van der Waals surface area contributed by atoms with Crippen molar-refractivity contribution >= 4 is 43.0 Å². The Balaban J connectivity index is 1.56. The van der Waals surface area contributed by atoms with E-state index in [0.29, 0.717) is 16.9 Å². The van der Waals surface area contributed by atoms with Crippen LogP contribution < -0.4 is 19.7 Å². The minimum atomic E-state index is -3.90. The summed E-state index contributed by atoms with van der Waals surface area (Å²) in [6, 6.07) is 13.2. The Bertz CT molecular complexity index is 1180. The van der Waals surface area contributed by atoms with Gasteiger partial charge in [-0.3, -0.25) is 14.2 Å². The van der Waals surface area contributed by atoms with Crippen molar-refractivity contribution < 1.29 is 21.6 Å². The third-order valence-electron chi connectivity index (χ3n) is 5.25. The molecule has 1 saturated heterocycles. The Hall–Kier alpha value is -2.79. The van der Waals surface area contributed by atoms with Gasteiger partial charge >= 0.3 is 0 Å². The monoisotopic (exact) mass is 494 g/mol. The number of amides is 1. The molecule has 1 unspecified atom stereocenters. The number of nitrogens with one attached hydrogen (secondary N) is 3. The highest BCUT2D eigenvalue weighted by Crippen LogP contribution is 2.22. The molecule has 1 fully saturated rings. The second-order valence-electron chi connectivity index (χ2n) is 8.24. The van der Waals surface area contributed by atoms with Crippen molar-refractivity contribution in [3.63, 3.8) is 0 Å². The summed E-state index contributed by atoms with van der Waals surface area (Å²) >= 11 is 0. The van der Waals surface area contributed by atoms with Crippen LogP contribution in [0.4, 0.5) is 17.1 Å². The van der Waals surface area contributed by atoms with Gasteiger partial charge in [0.2, 0.25) is 26.0 Å². The van der Waals surface area contributed by atoms with E-state index in [4.69, 9.17) is 0 Å². The molecule has 1 atom stereocenters. The second-order valence-corrected chi connectivity index (χ2v) is 11.7.